The first-order valence-corrected chi connectivity index (χ1v) is 4.12. The smallest absolute Gasteiger partial charge is 0.0465 e. The van der Waals surface area contributed by atoms with Gasteiger partial charge in [0, 0.05) is 39.6 Å². The summed E-state index contributed by atoms with van der Waals surface area (Å²) >= 11 is 0. The first-order valence-electron chi connectivity index (χ1n) is 4.12. The summed E-state index contributed by atoms with van der Waals surface area (Å²) in [4.78, 5) is 0. The molecule has 0 aromatic heterocycles. The van der Waals surface area contributed by atoms with Crippen LogP contribution in [0.15, 0.2) is 20.6 Å². The third-order valence-corrected chi connectivity index (χ3v) is 1.59. The van der Waals surface area contributed by atoms with Crippen LogP contribution >= 0.6 is 0 Å². The molecule has 0 amide bonds. The Labute approximate surface area is 122 Å². The zero-order chi connectivity index (χ0) is 13.1. The minimum Gasteiger partial charge on any atom is -0.792 e. The van der Waals surface area contributed by atoms with Crippen LogP contribution in [0.25, 0.3) is 0 Å². The van der Waals surface area contributed by atoms with E-state index in [1.807, 2.05) is 0 Å². The third kappa shape index (κ3) is 16.3. The molecule has 9 nitrogen and oxygen atoms in total. The van der Waals surface area contributed by atoms with Crippen molar-refractivity contribution < 1.29 is 22.3 Å². The van der Waals surface area contributed by atoms with Crippen LogP contribution in [0.5, 0.6) is 0 Å². The van der Waals surface area contributed by atoms with Gasteiger partial charge in [-0.3, -0.25) is 0 Å². The van der Waals surface area contributed by atoms with Crippen LogP contribution in [0.1, 0.15) is 27.7 Å². The van der Waals surface area contributed by atoms with E-state index in [2.05, 4.69) is 20.6 Å². The summed E-state index contributed by atoms with van der Waals surface area (Å²) in [5, 5.41) is 48.4. The van der Waals surface area contributed by atoms with Gasteiger partial charge in [0.2, 0.25) is 0 Å². The van der Waals surface area contributed by atoms with Crippen LogP contribution in [0.4, 0.5) is 0 Å². The van der Waals surface area contributed by atoms with E-state index in [1.165, 1.54) is 27.7 Å². The number of nitrogens with zero attached hydrogens (tertiary/aromatic N) is 4. The summed E-state index contributed by atoms with van der Waals surface area (Å²) in [5.74, 6) is 0. The molecule has 0 atom stereocenters. The molecule has 0 saturated heterocycles. The molecule has 0 fully saturated rings. The Bertz CT molecular complexity index is 265. The van der Waals surface area contributed by atoms with Gasteiger partial charge in [-0.15, -0.1) is 0 Å². The van der Waals surface area contributed by atoms with Gasteiger partial charge in [0.15, 0.2) is 0 Å². The van der Waals surface area contributed by atoms with E-state index in [0.29, 0.717) is 0 Å². The second kappa shape index (κ2) is 18.7. The zero-order valence-corrected chi connectivity index (χ0v) is 12.3. The van der Waals surface area contributed by atoms with E-state index in [0.717, 1.165) is 0 Å². The fourth-order valence-electron chi connectivity index (χ4n) is 0.264. The van der Waals surface area contributed by atoms with Crippen LogP contribution in [-0.2, 0) is 16.8 Å². The van der Waals surface area contributed by atoms with Crippen LogP contribution in [0.2, 0.25) is 0 Å². The summed E-state index contributed by atoms with van der Waals surface area (Å²) < 4.78 is 0. The van der Waals surface area contributed by atoms with Crippen molar-refractivity contribution in [2.24, 2.45) is 20.6 Å². The maximum atomic E-state index is 9.60. The maximum absolute atomic E-state index is 9.60. The summed E-state index contributed by atoms with van der Waals surface area (Å²) in [7, 11) is 0. The van der Waals surface area contributed by atoms with E-state index in [-0.39, 0.29) is 52.5 Å². The van der Waals surface area contributed by atoms with Crippen LogP contribution in [0.3, 0.4) is 0 Å². The van der Waals surface area contributed by atoms with Gasteiger partial charge < -0.3 is 54.4 Å². The van der Waals surface area contributed by atoms with Gasteiger partial charge >= 0.3 is 0 Å². The summed E-state index contributed by atoms with van der Waals surface area (Å²) in [6.07, 6.45) is 0. The molecular weight excluding hydrogens is 303 g/mol. The average molecular weight is 320 g/mol. The van der Waals surface area contributed by atoms with E-state index in [4.69, 9.17) is 0 Å². The molecule has 0 saturated carbocycles. The molecule has 0 aromatic rings. The van der Waals surface area contributed by atoms with Crippen molar-refractivity contribution in [1.29, 1.82) is 0 Å². The number of hydrogen-bond acceptors (Lipinski definition) is 8. The number of rotatable bonds is 2. The Morgan fingerprint density at radius 3 is 0.737 bits per heavy atom. The van der Waals surface area contributed by atoms with Crippen molar-refractivity contribution in [3.8, 4) is 0 Å². The summed E-state index contributed by atoms with van der Waals surface area (Å²) in [6, 6.07) is 0. The summed E-state index contributed by atoms with van der Waals surface area (Å²) in [5.41, 5.74) is 0.556. The van der Waals surface area contributed by atoms with Gasteiger partial charge in [0.1, 0.15) is 0 Å². The Hall–Kier alpha value is -1.65. The zero-order valence-electron chi connectivity index (χ0n) is 11.3. The Kier molecular flexibility index (Phi) is 29.9. The van der Waals surface area contributed by atoms with E-state index in [1.54, 1.807) is 0 Å². The van der Waals surface area contributed by atoms with Gasteiger partial charge in [0.25, 0.3) is 0 Å². The topological polar surface area (TPSA) is 173 Å². The molecule has 0 rings (SSSR count). The predicted octanol–water partition coefficient (Wildman–Crippen LogP) is 1.43. The average Bonchev–Trinajstić information content (AvgIpc) is 2.35. The molecule has 0 aromatic carbocycles. The molecule has 0 unspecified atom stereocenters. The van der Waals surface area contributed by atoms with Crippen LogP contribution in [0, 0.1) is 28.3 Å². The second-order valence-electron chi connectivity index (χ2n) is 2.71. The van der Waals surface area contributed by atoms with Crippen molar-refractivity contribution >= 4 is 22.8 Å². The molecule has 1 radical (unpaired) electrons. The van der Waals surface area contributed by atoms with Gasteiger partial charge in [-0.1, -0.05) is 0 Å². The van der Waals surface area contributed by atoms with Gasteiger partial charge in [-0.25, -0.2) is 0 Å². The minimum absolute atomic E-state index is 0. The molecule has 0 aliphatic rings. The first-order chi connectivity index (χ1) is 7.44. The molecule has 19 heavy (non-hydrogen) atoms. The fraction of sp³-hybridized carbons (Fsp3) is 0.444. The monoisotopic (exact) mass is 320 g/mol. The van der Waals surface area contributed by atoms with Crippen LogP contribution < -0.4 is 0 Å². The third-order valence-electron chi connectivity index (χ3n) is 1.59. The van der Waals surface area contributed by atoms with Crippen LogP contribution in [-0.4, -0.2) is 28.3 Å². The SMILES string of the molecule is CC(=N[O-])C(C)=N[O-].CC(=N[O-])C(C)=N[O-].O.[CH3-].[Co]. The number of hydrogen-bond donors (Lipinski definition) is 0. The molecule has 0 aliphatic carbocycles. The second-order valence-corrected chi connectivity index (χ2v) is 2.71. The van der Waals surface area contributed by atoms with E-state index in [9.17, 15) is 20.8 Å². The molecule has 10 heteroatoms. The van der Waals surface area contributed by atoms with Gasteiger partial charge in [-0.2, -0.15) is 0 Å². The normalized spacial score (nSPS) is 12.0. The molecular formula is C9H17CoN4O5-5. The van der Waals surface area contributed by atoms with Crippen molar-refractivity contribution in [2.75, 3.05) is 0 Å². The van der Waals surface area contributed by atoms with Gasteiger partial charge in [0.05, 0.1) is 0 Å². The molecule has 0 spiro atoms. The standard InChI is InChI=1S/2C4H8N2O2.CH3.Co.H2O/c2*1-3(5-7)4(2)6-8;;;/h2*7-8H,1-2H3;1H3;;1H2/q;;-1;;/p-4. The van der Waals surface area contributed by atoms with Crippen molar-refractivity contribution in [3.05, 3.63) is 28.3 Å². The largest absolute Gasteiger partial charge is 0.792 e. The van der Waals surface area contributed by atoms with E-state index < -0.39 is 0 Å². The molecule has 0 aliphatic heterocycles. The van der Waals surface area contributed by atoms with Crippen molar-refractivity contribution in [3.63, 3.8) is 0 Å². The molecule has 117 valence electrons. The molecule has 0 heterocycles. The Morgan fingerprint density at radius 1 is 0.579 bits per heavy atom. The Morgan fingerprint density at radius 2 is 0.684 bits per heavy atom. The van der Waals surface area contributed by atoms with E-state index >= 15 is 0 Å². The fourth-order valence-corrected chi connectivity index (χ4v) is 0.264. The molecule has 0 bridgehead atoms. The maximum Gasteiger partial charge on any atom is 0.0465 e. The van der Waals surface area contributed by atoms with Crippen molar-refractivity contribution in [2.45, 2.75) is 27.7 Å². The van der Waals surface area contributed by atoms with Crippen molar-refractivity contribution in [1.82, 2.24) is 0 Å². The van der Waals surface area contributed by atoms with Gasteiger partial charge in [-0.05, 0) is 27.7 Å². The predicted molar refractivity (Wildman–Crippen MR) is 75.9 cm³/mol. The molecule has 2 N–H and O–H groups in total. The Balaban J connectivity index is -0.0000000594. The summed E-state index contributed by atoms with van der Waals surface area (Å²) in [6.45, 7) is 5.74. The minimum atomic E-state index is 0. The first kappa shape index (κ1) is 30.4. The quantitative estimate of drug-likeness (QED) is 0.425.